The first kappa shape index (κ1) is 11.9. The Balaban J connectivity index is 2.01. The van der Waals surface area contributed by atoms with E-state index < -0.39 is 0 Å². The van der Waals surface area contributed by atoms with Crippen molar-refractivity contribution in [2.24, 2.45) is 0 Å². The van der Waals surface area contributed by atoms with Crippen LogP contribution in [0.1, 0.15) is 25.7 Å². The number of anilines is 1. The van der Waals surface area contributed by atoms with Gasteiger partial charge in [0, 0.05) is 23.2 Å². The first-order valence-corrected chi connectivity index (χ1v) is 6.62. The summed E-state index contributed by atoms with van der Waals surface area (Å²) in [5.74, 6) is 0. The minimum absolute atomic E-state index is 0.0745. The van der Waals surface area contributed by atoms with Gasteiger partial charge in [-0.25, -0.2) is 0 Å². The molecule has 1 N–H and O–H groups in total. The van der Waals surface area contributed by atoms with Gasteiger partial charge in [0.2, 0.25) is 0 Å². The zero-order valence-corrected chi connectivity index (χ0v) is 11.2. The van der Waals surface area contributed by atoms with Crippen molar-refractivity contribution in [1.82, 2.24) is 0 Å². The lowest BCUT2D eigenvalue weighted by molar-refractivity contribution is 0.122. The number of benzene rings is 1. The Morgan fingerprint density at radius 2 is 1.69 bits per heavy atom. The summed E-state index contributed by atoms with van der Waals surface area (Å²) in [6, 6.07) is 8.99. The average molecular weight is 284 g/mol. The molecule has 0 saturated heterocycles. The number of rotatable bonds is 2. The van der Waals surface area contributed by atoms with Crippen molar-refractivity contribution in [1.29, 1.82) is 0 Å². The molecule has 1 aromatic carbocycles. The van der Waals surface area contributed by atoms with Crippen LogP contribution in [0.3, 0.4) is 0 Å². The molecular weight excluding hydrogens is 266 g/mol. The Hall–Kier alpha value is -0.540. The minimum Gasteiger partial charge on any atom is -0.393 e. The van der Waals surface area contributed by atoms with E-state index in [0.717, 1.165) is 30.2 Å². The highest BCUT2D eigenvalue weighted by Crippen LogP contribution is 2.27. The Labute approximate surface area is 105 Å². The molecule has 1 fully saturated rings. The van der Waals surface area contributed by atoms with E-state index in [1.807, 2.05) is 0 Å². The van der Waals surface area contributed by atoms with Gasteiger partial charge in [0.05, 0.1) is 6.10 Å². The molecule has 1 aliphatic carbocycles. The van der Waals surface area contributed by atoms with E-state index >= 15 is 0 Å². The summed E-state index contributed by atoms with van der Waals surface area (Å²) in [4.78, 5) is 2.33. The highest BCUT2D eigenvalue weighted by Gasteiger charge is 2.22. The van der Waals surface area contributed by atoms with Gasteiger partial charge < -0.3 is 10.0 Å². The lowest BCUT2D eigenvalue weighted by Crippen LogP contribution is -2.36. The monoisotopic (exact) mass is 283 g/mol. The van der Waals surface area contributed by atoms with Crippen LogP contribution in [0, 0.1) is 0 Å². The highest BCUT2D eigenvalue weighted by atomic mass is 79.9. The molecule has 0 atom stereocenters. The van der Waals surface area contributed by atoms with Crippen LogP contribution in [0.25, 0.3) is 0 Å². The molecule has 0 unspecified atom stereocenters. The maximum atomic E-state index is 9.49. The number of hydrogen-bond acceptors (Lipinski definition) is 2. The van der Waals surface area contributed by atoms with Crippen LogP contribution in [-0.4, -0.2) is 24.3 Å². The Morgan fingerprint density at radius 3 is 2.25 bits per heavy atom. The number of aliphatic hydroxyl groups excluding tert-OH is 1. The maximum absolute atomic E-state index is 9.49. The van der Waals surface area contributed by atoms with Crippen molar-refractivity contribution in [3.8, 4) is 0 Å². The van der Waals surface area contributed by atoms with E-state index in [0.29, 0.717) is 6.04 Å². The SMILES string of the molecule is CN(c1ccc(Br)cc1)C1CCC(O)CC1. The molecule has 2 rings (SSSR count). The van der Waals surface area contributed by atoms with Crippen molar-refractivity contribution in [2.75, 3.05) is 11.9 Å². The predicted molar refractivity (Wildman–Crippen MR) is 70.8 cm³/mol. The fourth-order valence-corrected chi connectivity index (χ4v) is 2.60. The molecule has 16 heavy (non-hydrogen) atoms. The van der Waals surface area contributed by atoms with Crippen LogP contribution in [0.2, 0.25) is 0 Å². The molecule has 88 valence electrons. The van der Waals surface area contributed by atoms with Gasteiger partial charge >= 0.3 is 0 Å². The molecule has 1 aliphatic rings. The van der Waals surface area contributed by atoms with E-state index in [4.69, 9.17) is 0 Å². The highest BCUT2D eigenvalue weighted by molar-refractivity contribution is 9.10. The predicted octanol–water partition coefficient (Wildman–Crippen LogP) is 3.19. The second-order valence-electron chi connectivity index (χ2n) is 4.55. The fourth-order valence-electron chi connectivity index (χ4n) is 2.33. The topological polar surface area (TPSA) is 23.5 Å². The van der Waals surface area contributed by atoms with Gasteiger partial charge in [-0.15, -0.1) is 0 Å². The summed E-state index contributed by atoms with van der Waals surface area (Å²) in [5, 5.41) is 9.49. The third kappa shape index (κ3) is 2.77. The summed E-state index contributed by atoms with van der Waals surface area (Å²) < 4.78 is 1.11. The quantitative estimate of drug-likeness (QED) is 0.901. The smallest absolute Gasteiger partial charge is 0.0541 e. The lowest BCUT2D eigenvalue weighted by atomic mass is 9.92. The molecule has 0 aromatic heterocycles. The van der Waals surface area contributed by atoms with E-state index in [-0.39, 0.29) is 6.10 Å². The first-order chi connectivity index (χ1) is 7.66. The summed E-state index contributed by atoms with van der Waals surface area (Å²) in [6.07, 6.45) is 3.98. The summed E-state index contributed by atoms with van der Waals surface area (Å²) >= 11 is 3.45. The Kier molecular flexibility index (Phi) is 3.87. The zero-order chi connectivity index (χ0) is 11.5. The minimum atomic E-state index is -0.0745. The number of aliphatic hydroxyl groups is 1. The lowest BCUT2D eigenvalue weighted by Gasteiger charge is -2.34. The molecule has 0 spiro atoms. The van der Waals surface area contributed by atoms with E-state index in [1.54, 1.807) is 0 Å². The van der Waals surface area contributed by atoms with Gasteiger partial charge in [-0.3, -0.25) is 0 Å². The van der Waals surface area contributed by atoms with E-state index in [1.165, 1.54) is 5.69 Å². The number of halogens is 1. The van der Waals surface area contributed by atoms with Crippen molar-refractivity contribution in [3.63, 3.8) is 0 Å². The molecule has 0 bridgehead atoms. The number of hydrogen-bond donors (Lipinski definition) is 1. The summed E-state index contributed by atoms with van der Waals surface area (Å²) in [7, 11) is 2.14. The molecule has 2 nitrogen and oxygen atoms in total. The first-order valence-electron chi connectivity index (χ1n) is 5.83. The summed E-state index contributed by atoms with van der Waals surface area (Å²) in [5.41, 5.74) is 1.25. The van der Waals surface area contributed by atoms with Crippen LogP contribution in [0.4, 0.5) is 5.69 Å². The van der Waals surface area contributed by atoms with Gasteiger partial charge in [0.25, 0.3) is 0 Å². The van der Waals surface area contributed by atoms with Crippen LogP contribution in [-0.2, 0) is 0 Å². The molecular formula is C13H18BrNO. The zero-order valence-electron chi connectivity index (χ0n) is 9.56. The summed E-state index contributed by atoms with van der Waals surface area (Å²) in [6.45, 7) is 0. The molecule has 3 heteroatoms. The van der Waals surface area contributed by atoms with Gasteiger partial charge in [0.15, 0.2) is 0 Å². The second-order valence-corrected chi connectivity index (χ2v) is 5.47. The standard InChI is InChI=1S/C13H18BrNO/c1-15(11-4-2-10(14)3-5-11)12-6-8-13(16)9-7-12/h2-5,12-13,16H,6-9H2,1H3. The van der Waals surface area contributed by atoms with E-state index in [2.05, 4.69) is 52.1 Å². The van der Waals surface area contributed by atoms with E-state index in [9.17, 15) is 5.11 Å². The third-order valence-electron chi connectivity index (χ3n) is 3.45. The van der Waals surface area contributed by atoms with Crippen molar-refractivity contribution in [2.45, 2.75) is 37.8 Å². The molecule has 0 amide bonds. The molecule has 1 aromatic rings. The molecule has 1 saturated carbocycles. The van der Waals surface area contributed by atoms with Crippen molar-refractivity contribution >= 4 is 21.6 Å². The molecule has 0 radical (unpaired) electrons. The fraction of sp³-hybridized carbons (Fsp3) is 0.538. The normalized spacial score (nSPS) is 25.4. The van der Waals surface area contributed by atoms with Gasteiger partial charge in [-0.1, -0.05) is 15.9 Å². The molecule has 0 aliphatic heterocycles. The third-order valence-corrected chi connectivity index (χ3v) is 3.98. The van der Waals surface area contributed by atoms with Gasteiger partial charge in [-0.2, -0.15) is 0 Å². The maximum Gasteiger partial charge on any atom is 0.0541 e. The largest absolute Gasteiger partial charge is 0.393 e. The van der Waals surface area contributed by atoms with Crippen LogP contribution in [0.5, 0.6) is 0 Å². The Bertz CT molecular complexity index is 330. The van der Waals surface area contributed by atoms with Gasteiger partial charge in [0.1, 0.15) is 0 Å². The second kappa shape index (κ2) is 5.19. The van der Waals surface area contributed by atoms with Crippen LogP contribution in [0.15, 0.2) is 28.7 Å². The van der Waals surface area contributed by atoms with Crippen LogP contribution < -0.4 is 4.90 Å². The van der Waals surface area contributed by atoms with Crippen LogP contribution >= 0.6 is 15.9 Å². The van der Waals surface area contributed by atoms with Crippen molar-refractivity contribution < 1.29 is 5.11 Å². The van der Waals surface area contributed by atoms with Gasteiger partial charge in [-0.05, 0) is 49.9 Å². The Morgan fingerprint density at radius 1 is 1.12 bits per heavy atom. The van der Waals surface area contributed by atoms with Crippen molar-refractivity contribution in [3.05, 3.63) is 28.7 Å². The average Bonchev–Trinajstić information content (AvgIpc) is 2.30. The number of nitrogens with zero attached hydrogens (tertiary/aromatic N) is 1. The molecule has 0 heterocycles.